The first-order chi connectivity index (χ1) is 17.4. The number of benzene rings is 1. The Kier molecular flexibility index (Phi) is 8.65. The van der Waals surface area contributed by atoms with Crippen molar-refractivity contribution in [1.82, 2.24) is 9.88 Å². The lowest BCUT2D eigenvalue weighted by Gasteiger charge is -2.55. The molecule has 1 aliphatic carbocycles. The molecule has 1 aromatic heterocycles. The van der Waals surface area contributed by atoms with Crippen LogP contribution in [0.1, 0.15) is 37.7 Å². The van der Waals surface area contributed by atoms with Crippen molar-refractivity contribution in [3.63, 3.8) is 0 Å². The van der Waals surface area contributed by atoms with Crippen LogP contribution < -0.4 is 5.73 Å². The van der Waals surface area contributed by atoms with Crippen LogP contribution in [0.25, 0.3) is 11.1 Å². The van der Waals surface area contributed by atoms with Gasteiger partial charge < -0.3 is 30.3 Å². The van der Waals surface area contributed by atoms with Crippen molar-refractivity contribution in [3.8, 4) is 11.1 Å². The molecule has 2 aliphatic rings. The minimum absolute atomic E-state index is 0.181. The highest BCUT2D eigenvalue weighted by atomic mass is 35.5. The fourth-order valence-corrected chi connectivity index (χ4v) is 6.28. The van der Waals surface area contributed by atoms with Gasteiger partial charge in [-0.2, -0.15) is 0 Å². The van der Waals surface area contributed by atoms with Crippen LogP contribution in [0.15, 0.2) is 42.7 Å². The predicted molar refractivity (Wildman–Crippen MR) is 137 cm³/mol. The molecule has 2 fully saturated rings. The van der Waals surface area contributed by atoms with Gasteiger partial charge in [-0.05, 0) is 55.7 Å². The number of methoxy groups -OCH3 is 1. The molecule has 1 aromatic carbocycles. The summed E-state index contributed by atoms with van der Waals surface area (Å²) in [5.74, 6) is -0.279. The van der Waals surface area contributed by atoms with Crippen LogP contribution in [0.3, 0.4) is 0 Å². The molecule has 196 valence electrons. The Morgan fingerprint density at radius 2 is 2.17 bits per heavy atom. The number of nitrogens with zero attached hydrogens (tertiary/aromatic N) is 2. The highest BCUT2D eigenvalue weighted by Crippen LogP contribution is 2.53. The quantitative estimate of drug-likeness (QED) is 0.327. The standard InChI is InChI=1S/C27H36ClN3O5/c1-35-12-3-2-9-26(34,21-7-4-8-22(28)25(21)19-6-5-10-30-16-19)27(17-31(18-32)11-13-36-27)20-14-23(29)24(33)15-20/h4-8,10,16,18,20,23-24,33-34H,2-3,9,11-15,17,29H2,1H3/t20-,23+,24-,26+,27-/m0/s1. The van der Waals surface area contributed by atoms with E-state index in [1.54, 1.807) is 30.5 Å². The summed E-state index contributed by atoms with van der Waals surface area (Å²) >= 11 is 6.77. The lowest BCUT2D eigenvalue weighted by Crippen LogP contribution is -2.66. The molecule has 5 atom stereocenters. The van der Waals surface area contributed by atoms with E-state index < -0.39 is 23.3 Å². The zero-order chi connectivity index (χ0) is 25.8. The highest BCUT2D eigenvalue weighted by Gasteiger charge is 2.61. The molecule has 1 aliphatic heterocycles. The summed E-state index contributed by atoms with van der Waals surface area (Å²) in [5, 5.41) is 24.0. The highest BCUT2D eigenvalue weighted by molar-refractivity contribution is 6.33. The van der Waals surface area contributed by atoms with Gasteiger partial charge in [0.15, 0.2) is 0 Å². The molecule has 2 heterocycles. The van der Waals surface area contributed by atoms with Crippen molar-refractivity contribution in [2.75, 3.05) is 33.4 Å². The first kappa shape index (κ1) is 27.0. The van der Waals surface area contributed by atoms with Gasteiger partial charge in [0.2, 0.25) is 6.41 Å². The number of unbranched alkanes of at least 4 members (excludes halogenated alkanes) is 1. The maximum Gasteiger partial charge on any atom is 0.209 e. The van der Waals surface area contributed by atoms with Gasteiger partial charge in [0.1, 0.15) is 11.2 Å². The average molecular weight is 518 g/mol. The summed E-state index contributed by atoms with van der Waals surface area (Å²) in [5.41, 5.74) is 5.57. The summed E-state index contributed by atoms with van der Waals surface area (Å²) in [6.45, 7) is 1.43. The van der Waals surface area contributed by atoms with E-state index in [4.69, 9.17) is 26.8 Å². The number of pyridine rings is 1. The van der Waals surface area contributed by atoms with E-state index in [1.165, 1.54) is 0 Å². The number of carbonyl (C=O) groups excluding carboxylic acids is 1. The molecular weight excluding hydrogens is 482 g/mol. The number of nitrogens with two attached hydrogens (primary N) is 1. The Morgan fingerprint density at radius 1 is 1.33 bits per heavy atom. The lowest BCUT2D eigenvalue weighted by molar-refractivity contribution is -0.246. The number of ether oxygens (including phenoxy) is 2. The first-order valence-corrected chi connectivity index (χ1v) is 12.9. The van der Waals surface area contributed by atoms with Gasteiger partial charge in [0, 0.05) is 54.8 Å². The van der Waals surface area contributed by atoms with E-state index in [9.17, 15) is 15.0 Å². The monoisotopic (exact) mass is 517 g/mol. The number of halogens is 1. The molecule has 0 spiro atoms. The van der Waals surface area contributed by atoms with E-state index in [0.717, 1.165) is 18.4 Å². The van der Waals surface area contributed by atoms with Crippen molar-refractivity contribution >= 4 is 18.0 Å². The molecule has 1 saturated carbocycles. The van der Waals surface area contributed by atoms with Gasteiger partial charge in [-0.25, -0.2) is 0 Å². The number of aliphatic hydroxyl groups excluding tert-OH is 1. The number of aliphatic hydroxyl groups is 2. The average Bonchev–Trinajstić information content (AvgIpc) is 3.25. The van der Waals surface area contributed by atoms with E-state index in [0.29, 0.717) is 55.0 Å². The first-order valence-electron chi connectivity index (χ1n) is 12.5. The molecule has 4 rings (SSSR count). The second-order valence-corrected chi connectivity index (χ2v) is 10.3. The minimum atomic E-state index is -1.55. The number of morpholine rings is 1. The van der Waals surface area contributed by atoms with E-state index in [2.05, 4.69) is 4.98 Å². The van der Waals surface area contributed by atoms with Crippen LogP contribution in [-0.2, 0) is 19.9 Å². The van der Waals surface area contributed by atoms with Crippen molar-refractivity contribution in [2.24, 2.45) is 11.7 Å². The zero-order valence-electron chi connectivity index (χ0n) is 20.7. The summed E-state index contributed by atoms with van der Waals surface area (Å²) < 4.78 is 11.8. The maximum atomic E-state index is 13.0. The Morgan fingerprint density at radius 3 is 2.83 bits per heavy atom. The topological polar surface area (TPSA) is 118 Å². The van der Waals surface area contributed by atoms with Gasteiger partial charge in [-0.1, -0.05) is 29.8 Å². The Bertz CT molecular complexity index is 1020. The number of aromatic nitrogens is 1. The fraction of sp³-hybridized carbons (Fsp3) is 0.556. The number of amides is 1. The van der Waals surface area contributed by atoms with Gasteiger partial charge in [0.05, 0.1) is 19.3 Å². The van der Waals surface area contributed by atoms with Gasteiger partial charge in [-0.3, -0.25) is 9.78 Å². The third-order valence-electron chi connectivity index (χ3n) is 7.81. The molecule has 36 heavy (non-hydrogen) atoms. The molecule has 1 amide bonds. The van der Waals surface area contributed by atoms with Gasteiger partial charge in [0.25, 0.3) is 0 Å². The molecule has 9 heteroatoms. The molecule has 0 radical (unpaired) electrons. The Balaban J connectivity index is 1.91. The molecule has 0 unspecified atom stereocenters. The summed E-state index contributed by atoms with van der Waals surface area (Å²) in [6, 6.07) is 8.79. The van der Waals surface area contributed by atoms with Crippen LogP contribution in [-0.4, -0.2) is 77.7 Å². The molecule has 2 aromatic rings. The van der Waals surface area contributed by atoms with Gasteiger partial charge in [-0.15, -0.1) is 0 Å². The van der Waals surface area contributed by atoms with Crippen molar-refractivity contribution in [3.05, 3.63) is 53.3 Å². The molecule has 8 nitrogen and oxygen atoms in total. The maximum absolute atomic E-state index is 13.0. The van der Waals surface area contributed by atoms with Crippen LogP contribution in [0.5, 0.6) is 0 Å². The van der Waals surface area contributed by atoms with Crippen molar-refractivity contribution in [1.29, 1.82) is 0 Å². The Hall–Kier alpha value is -2.07. The van der Waals surface area contributed by atoms with Crippen molar-refractivity contribution < 1.29 is 24.5 Å². The zero-order valence-corrected chi connectivity index (χ0v) is 21.4. The summed E-state index contributed by atoms with van der Waals surface area (Å²) in [7, 11) is 1.65. The third-order valence-corrected chi connectivity index (χ3v) is 8.12. The number of carbonyl (C=O) groups is 1. The number of rotatable bonds is 10. The lowest BCUT2D eigenvalue weighted by atomic mass is 9.65. The third kappa shape index (κ3) is 5.03. The minimum Gasteiger partial charge on any atom is -0.392 e. The van der Waals surface area contributed by atoms with E-state index in [-0.39, 0.29) is 19.1 Å². The number of hydrogen-bond donors (Lipinski definition) is 3. The largest absolute Gasteiger partial charge is 0.392 e. The molecule has 4 N–H and O–H groups in total. The van der Waals surface area contributed by atoms with Gasteiger partial charge >= 0.3 is 0 Å². The molecular formula is C27H36ClN3O5. The van der Waals surface area contributed by atoms with Crippen molar-refractivity contribution in [2.45, 2.75) is 55.5 Å². The number of hydrogen-bond acceptors (Lipinski definition) is 7. The summed E-state index contributed by atoms with van der Waals surface area (Å²) in [6.07, 6.45) is 6.07. The van der Waals surface area contributed by atoms with E-state index >= 15 is 0 Å². The SMILES string of the molecule is COCCCC[C@@](O)(c1cccc(Cl)c1-c1cccnc1)[C@@]1([C@H]2C[C@@H](N)[C@@H](O)C2)CN(C=O)CCO1. The normalized spacial score (nSPS) is 28.1. The molecule has 0 bridgehead atoms. The van der Waals surface area contributed by atoms with E-state index in [1.807, 2.05) is 24.3 Å². The predicted octanol–water partition coefficient (Wildman–Crippen LogP) is 2.73. The van der Waals surface area contributed by atoms with Crippen LogP contribution >= 0.6 is 11.6 Å². The van der Waals surface area contributed by atoms with Crippen LogP contribution in [0.4, 0.5) is 0 Å². The second-order valence-electron chi connectivity index (χ2n) is 9.93. The van der Waals surface area contributed by atoms with Crippen LogP contribution in [0, 0.1) is 5.92 Å². The fourth-order valence-electron chi connectivity index (χ4n) is 6.00. The smallest absolute Gasteiger partial charge is 0.209 e. The second kappa shape index (κ2) is 11.5. The Labute approximate surface area is 217 Å². The molecule has 1 saturated heterocycles. The summed E-state index contributed by atoms with van der Waals surface area (Å²) in [4.78, 5) is 17.9. The van der Waals surface area contributed by atoms with Crippen LogP contribution in [0.2, 0.25) is 5.02 Å².